The van der Waals surface area contributed by atoms with Crippen molar-refractivity contribution in [3.63, 3.8) is 0 Å². The van der Waals surface area contributed by atoms with E-state index in [0.29, 0.717) is 24.3 Å². The molecule has 0 aromatic heterocycles. The second kappa shape index (κ2) is 4.16. The highest BCUT2D eigenvalue weighted by molar-refractivity contribution is 6.14. The maximum Gasteiger partial charge on any atom is 0.278 e. The standard InChI is InChI=1S/C16H13NO3/c18-15-11-5-1-3-7-13(11)16(19-9-10-20-16)17-14-8-4-2-6-12(14)15/h1-8,17H,9-10H2. The van der Waals surface area contributed by atoms with E-state index < -0.39 is 5.91 Å². The van der Waals surface area contributed by atoms with Gasteiger partial charge in [-0.05, 0) is 12.1 Å². The van der Waals surface area contributed by atoms with E-state index in [-0.39, 0.29) is 5.78 Å². The normalized spacial score (nSPS) is 19.1. The van der Waals surface area contributed by atoms with Crippen LogP contribution in [0.15, 0.2) is 48.5 Å². The Morgan fingerprint density at radius 1 is 0.900 bits per heavy atom. The van der Waals surface area contributed by atoms with E-state index in [1.54, 1.807) is 0 Å². The lowest BCUT2D eigenvalue weighted by molar-refractivity contribution is -0.140. The molecule has 4 nitrogen and oxygen atoms in total. The Labute approximate surface area is 116 Å². The van der Waals surface area contributed by atoms with Gasteiger partial charge >= 0.3 is 0 Å². The molecule has 2 aliphatic heterocycles. The van der Waals surface area contributed by atoms with Gasteiger partial charge in [-0.2, -0.15) is 0 Å². The van der Waals surface area contributed by atoms with Crippen LogP contribution < -0.4 is 5.32 Å². The number of ketones is 1. The molecular formula is C16H13NO3. The number of fused-ring (bicyclic) bond motifs is 3. The maximum atomic E-state index is 12.7. The first-order valence-corrected chi connectivity index (χ1v) is 6.59. The van der Waals surface area contributed by atoms with E-state index >= 15 is 0 Å². The minimum Gasteiger partial charge on any atom is -0.330 e. The second-order valence-electron chi connectivity index (χ2n) is 4.86. The van der Waals surface area contributed by atoms with Crippen LogP contribution in [0.1, 0.15) is 21.5 Å². The average Bonchev–Trinajstić information content (AvgIpc) is 2.93. The number of nitrogens with one attached hydrogen (secondary N) is 1. The largest absolute Gasteiger partial charge is 0.330 e. The second-order valence-corrected chi connectivity index (χ2v) is 4.86. The number of carbonyl (C=O) groups excluding carboxylic acids is 1. The molecule has 0 aliphatic carbocycles. The number of rotatable bonds is 0. The molecule has 1 spiro atoms. The Kier molecular flexibility index (Phi) is 2.42. The van der Waals surface area contributed by atoms with E-state index in [0.717, 1.165) is 11.3 Å². The van der Waals surface area contributed by atoms with Gasteiger partial charge in [0.1, 0.15) is 0 Å². The molecule has 4 heteroatoms. The molecule has 2 heterocycles. The molecule has 1 fully saturated rings. The fourth-order valence-electron chi connectivity index (χ4n) is 2.79. The number of carbonyl (C=O) groups is 1. The zero-order chi connectivity index (χ0) is 13.6. The van der Waals surface area contributed by atoms with Crippen molar-refractivity contribution in [2.75, 3.05) is 18.5 Å². The highest BCUT2D eigenvalue weighted by atomic mass is 16.8. The fraction of sp³-hybridized carbons (Fsp3) is 0.188. The van der Waals surface area contributed by atoms with Crippen LogP contribution in [0.25, 0.3) is 0 Å². The SMILES string of the molecule is O=C1c2ccccc2NC2(OCCO2)c2ccccc21. The molecule has 0 atom stereocenters. The van der Waals surface area contributed by atoms with Gasteiger partial charge in [-0.25, -0.2) is 0 Å². The first-order chi connectivity index (χ1) is 9.80. The minimum atomic E-state index is -1.06. The summed E-state index contributed by atoms with van der Waals surface area (Å²) >= 11 is 0. The lowest BCUT2D eigenvalue weighted by Crippen LogP contribution is -2.36. The number of hydrogen-bond acceptors (Lipinski definition) is 4. The van der Waals surface area contributed by atoms with Crippen molar-refractivity contribution in [2.45, 2.75) is 5.91 Å². The first-order valence-electron chi connectivity index (χ1n) is 6.59. The predicted octanol–water partition coefficient (Wildman–Crippen LogP) is 2.50. The quantitative estimate of drug-likeness (QED) is 0.796. The number of hydrogen-bond donors (Lipinski definition) is 1. The van der Waals surface area contributed by atoms with Crippen molar-refractivity contribution >= 4 is 11.5 Å². The minimum absolute atomic E-state index is 0.0142. The number of para-hydroxylation sites is 1. The van der Waals surface area contributed by atoms with Crippen molar-refractivity contribution in [1.29, 1.82) is 0 Å². The van der Waals surface area contributed by atoms with E-state index in [9.17, 15) is 4.79 Å². The third kappa shape index (κ3) is 1.52. The van der Waals surface area contributed by atoms with Crippen molar-refractivity contribution in [1.82, 2.24) is 0 Å². The van der Waals surface area contributed by atoms with Crippen molar-refractivity contribution in [2.24, 2.45) is 0 Å². The van der Waals surface area contributed by atoms with Gasteiger partial charge in [0.05, 0.1) is 13.2 Å². The van der Waals surface area contributed by atoms with E-state index in [4.69, 9.17) is 9.47 Å². The highest BCUT2D eigenvalue weighted by Gasteiger charge is 2.44. The molecular weight excluding hydrogens is 254 g/mol. The van der Waals surface area contributed by atoms with Crippen molar-refractivity contribution in [3.8, 4) is 0 Å². The van der Waals surface area contributed by atoms with Gasteiger partial charge in [-0.1, -0.05) is 36.4 Å². The maximum absolute atomic E-state index is 12.7. The van der Waals surface area contributed by atoms with Crippen molar-refractivity contribution < 1.29 is 14.3 Å². The monoisotopic (exact) mass is 267 g/mol. The molecule has 100 valence electrons. The first kappa shape index (κ1) is 11.6. The third-order valence-electron chi connectivity index (χ3n) is 3.69. The Bertz CT molecular complexity index is 690. The summed E-state index contributed by atoms with van der Waals surface area (Å²) in [5.41, 5.74) is 2.72. The molecule has 4 rings (SSSR count). The Morgan fingerprint density at radius 3 is 2.35 bits per heavy atom. The molecule has 20 heavy (non-hydrogen) atoms. The third-order valence-corrected chi connectivity index (χ3v) is 3.69. The van der Waals surface area contributed by atoms with Gasteiger partial charge in [0.15, 0.2) is 5.78 Å². The molecule has 2 aromatic rings. The lowest BCUT2D eigenvalue weighted by atomic mass is 9.98. The van der Waals surface area contributed by atoms with E-state index in [2.05, 4.69) is 5.32 Å². The van der Waals surface area contributed by atoms with E-state index in [1.165, 1.54) is 0 Å². The summed E-state index contributed by atoms with van der Waals surface area (Å²) in [6.45, 7) is 0.995. The van der Waals surface area contributed by atoms with Gasteiger partial charge in [0.25, 0.3) is 5.91 Å². The van der Waals surface area contributed by atoms with E-state index in [1.807, 2.05) is 48.5 Å². The molecule has 0 saturated carbocycles. The highest BCUT2D eigenvalue weighted by Crippen LogP contribution is 2.39. The summed E-state index contributed by atoms with van der Waals surface area (Å²) < 4.78 is 11.6. The Balaban J connectivity index is 2.01. The zero-order valence-corrected chi connectivity index (χ0v) is 10.8. The number of ether oxygens (including phenoxy) is 2. The van der Waals surface area contributed by atoms with Gasteiger partial charge in [0, 0.05) is 22.4 Å². The summed E-state index contributed by atoms with van der Waals surface area (Å²) in [5.74, 6) is -1.07. The molecule has 0 unspecified atom stereocenters. The van der Waals surface area contributed by atoms with Gasteiger partial charge in [-0.15, -0.1) is 0 Å². The summed E-state index contributed by atoms with van der Waals surface area (Å²) in [4.78, 5) is 12.7. The van der Waals surface area contributed by atoms with Crippen LogP contribution >= 0.6 is 0 Å². The van der Waals surface area contributed by atoms with Crippen LogP contribution in [0.5, 0.6) is 0 Å². The predicted molar refractivity (Wildman–Crippen MR) is 73.5 cm³/mol. The molecule has 0 amide bonds. The summed E-state index contributed by atoms with van der Waals surface area (Å²) in [6, 6.07) is 14.9. The smallest absolute Gasteiger partial charge is 0.278 e. The number of benzene rings is 2. The molecule has 1 saturated heterocycles. The molecule has 2 aromatic carbocycles. The van der Waals surface area contributed by atoms with Crippen LogP contribution in [-0.4, -0.2) is 19.0 Å². The summed E-state index contributed by atoms with van der Waals surface area (Å²) in [7, 11) is 0. The fourth-order valence-corrected chi connectivity index (χ4v) is 2.79. The van der Waals surface area contributed by atoms with Crippen molar-refractivity contribution in [3.05, 3.63) is 65.2 Å². The van der Waals surface area contributed by atoms with Crippen LogP contribution in [-0.2, 0) is 15.4 Å². The summed E-state index contributed by atoms with van der Waals surface area (Å²) in [6.07, 6.45) is 0. The van der Waals surface area contributed by atoms with Gasteiger partial charge in [-0.3, -0.25) is 4.79 Å². The van der Waals surface area contributed by atoms with Crippen LogP contribution in [0.3, 0.4) is 0 Å². The van der Waals surface area contributed by atoms with Crippen LogP contribution in [0.4, 0.5) is 5.69 Å². The summed E-state index contributed by atoms with van der Waals surface area (Å²) in [5, 5.41) is 3.26. The molecule has 0 radical (unpaired) electrons. The van der Waals surface area contributed by atoms with Gasteiger partial charge < -0.3 is 14.8 Å². The van der Waals surface area contributed by atoms with Gasteiger partial charge in [0.2, 0.25) is 0 Å². The molecule has 2 aliphatic rings. The lowest BCUT2D eigenvalue weighted by Gasteiger charge is -2.29. The van der Waals surface area contributed by atoms with Crippen LogP contribution in [0.2, 0.25) is 0 Å². The topological polar surface area (TPSA) is 47.6 Å². The Hall–Kier alpha value is -2.17. The Morgan fingerprint density at radius 2 is 1.55 bits per heavy atom. The molecule has 0 bridgehead atoms. The zero-order valence-electron chi connectivity index (χ0n) is 10.8. The number of anilines is 1. The molecule has 1 N–H and O–H groups in total. The van der Waals surface area contributed by atoms with Crippen LogP contribution in [0, 0.1) is 0 Å². The average molecular weight is 267 g/mol.